The number of nitrogens with one attached hydrogen (secondary N) is 2. The van der Waals surface area contributed by atoms with Crippen molar-refractivity contribution >= 4 is 11.9 Å². The molecule has 0 aliphatic carbocycles. The molecule has 2 N–H and O–H groups in total. The fraction of sp³-hybridized carbons (Fsp3) is 0.211. The van der Waals surface area contributed by atoms with E-state index < -0.39 is 0 Å². The second kappa shape index (κ2) is 7.36. The van der Waals surface area contributed by atoms with Crippen molar-refractivity contribution in [1.82, 2.24) is 15.3 Å². The highest BCUT2D eigenvalue weighted by atomic mass is 16.7. The van der Waals surface area contributed by atoms with Crippen LogP contribution in [0.4, 0.5) is 5.95 Å². The highest BCUT2D eigenvalue weighted by Crippen LogP contribution is 2.32. The van der Waals surface area contributed by atoms with E-state index in [1.807, 2.05) is 25.1 Å². The van der Waals surface area contributed by atoms with Crippen LogP contribution in [-0.4, -0.2) is 22.7 Å². The van der Waals surface area contributed by atoms with Crippen molar-refractivity contribution in [3.63, 3.8) is 0 Å². The van der Waals surface area contributed by atoms with Crippen LogP contribution in [0.2, 0.25) is 0 Å². The summed E-state index contributed by atoms with van der Waals surface area (Å²) in [5.41, 5.74) is 1.98. The minimum atomic E-state index is -0.289. The Balaban J connectivity index is 1.41. The molecule has 1 aliphatic rings. The zero-order valence-electron chi connectivity index (χ0n) is 14.7. The Kier molecular flexibility index (Phi) is 4.61. The number of aryl methyl sites for hydroxylation is 1. The van der Waals surface area contributed by atoms with Crippen molar-refractivity contribution < 1.29 is 18.7 Å². The molecule has 1 aromatic carbocycles. The van der Waals surface area contributed by atoms with Crippen LogP contribution in [0.1, 0.15) is 27.5 Å². The number of ether oxygens (including phenoxy) is 2. The van der Waals surface area contributed by atoms with Gasteiger partial charge in [-0.2, -0.15) is 0 Å². The minimum absolute atomic E-state index is 0.240. The van der Waals surface area contributed by atoms with E-state index in [9.17, 15) is 4.79 Å². The molecule has 0 saturated carbocycles. The van der Waals surface area contributed by atoms with Crippen LogP contribution in [0, 0.1) is 6.92 Å². The fourth-order valence-electron chi connectivity index (χ4n) is 2.67. The van der Waals surface area contributed by atoms with Crippen molar-refractivity contribution in [1.29, 1.82) is 0 Å². The van der Waals surface area contributed by atoms with E-state index in [1.165, 1.54) is 0 Å². The van der Waals surface area contributed by atoms with Crippen LogP contribution in [0.25, 0.3) is 0 Å². The monoisotopic (exact) mass is 366 g/mol. The average molecular weight is 366 g/mol. The predicted octanol–water partition coefficient (Wildman–Crippen LogP) is 2.65. The van der Waals surface area contributed by atoms with E-state index >= 15 is 0 Å². The minimum Gasteiger partial charge on any atom is -0.467 e. The summed E-state index contributed by atoms with van der Waals surface area (Å²) in [6.45, 7) is 2.85. The van der Waals surface area contributed by atoms with Crippen molar-refractivity contribution in [2.24, 2.45) is 0 Å². The van der Waals surface area contributed by atoms with Crippen LogP contribution in [-0.2, 0) is 13.1 Å². The summed E-state index contributed by atoms with van der Waals surface area (Å²) in [5.74, 6) is 2.23. The van der Waals surface area contributed by atoms with Crippen LogP contribution in [0.3, 0.4) is 0 Å². The Hall–Kier alpha value is -3.55. The van der Waals surface area contributed by atoms with Crippen LogP contribution in [0.15, 0.2) is 47.1 Å². The summed E-state index contributed by atoms with van der Waals surface area (Å²) in [5, 5.41) is 5.92. The molecule has 8 nitrogen and oxygen atoms in total. The Morgan fingerprint density at radius 1 is 1.11 bits per heavy atom. The standard InChI is InChI=1S/C19H18N4O4/c1-12-7-15(18(24)20-10-14-3-2-6-25-14)23-19(22-12)21-9-13-4-5-16-17(8-13)27-11-26-16/h2-8H,9-11H2,1H3,(H,20,24)(H,21,22,23). The number of carbonyl (C=O) groups excluding carboxylic acids is 1. The Bertz CT molecular complexity index is 956. The van der Waals surface area contributed by atoms with Crippen LogP contribution >= 0.6 is 0 Å². The molecule has 0 unspecified atom stereocenters. The van der Waals surface area contributed by atoms with E-state index in [2.05, 4.69) is 20.6 Å². The zero-order chi connectivity index (χ0) is 18.6. The third-order valence-electron chi connectivity index (χ3n) is 3.98. The molecule has 1 aliphatic heterocycles. The SMILES string of the molecule is Cc1cc(C(=O)NCc2ccco2)nc(NCc2ccc3c(c2)OCO3)n1. The van der Waals surface area contributed by atoms with Gasteiger partial charge in [0, 0.05) is 12.2 Å². The zero-order valence-corrected chi connectivity index (χ0v) is 14.7. The highest BCUT2D eigenvalue weighted by molar-refractivity contribution is 5.92. The molecule has 138 valence electrons. The Morgan fingerprint density at radius 2 is 2.00 bits per heavy atom. The smallest absolute Gasteiger partial charge is 0.270 e. The summed E-state index contributed by atoms with van der Waals surface area (Å²) < 4.78 is 15.9. The topological polar surface area (TPSA) is 98.5 Å². The normalized spacial score (nSPS) is 12.0. The van der Waals surface area contributed by atoms with Gasteiger partial charge in [0.1, 0.15) is 11.5 Å². The lowest BCUT2D eigenvalue weighted by molar-refractivity contribution is 0.0943. The number of carbonyl (C=O) groups is 1. The van der Waals surface area contributed by atoms with E-state index in [0.717, 1.165) is 17.1 Å². The molecule has 4 rings (SSSR count). The lowest BCUT2D eigenvalue weighted by Crippen LogP contribution is -2.24. The number of hydrogen-bond donors (Lipinski definition) is 2. The van der Waals surface area contributed by atoms with Crippen LogP contribution < -0.4 is 20.1 Å². The lowest BCUT2D eigenvalue weighted by Gasteiger charge is -2.09. The molecule has 0 atom stereocenters. The molecule has 0 radical (unpaired) electrons. The van der Waals surface area contributed by atoms with E-state index in [0.29, 0.717) is 36.2 Å². The quantitative estimate of drug-likeness (QED) is 0.692. The van der Waals surface area contributed by atoms with E-state index in [1.54, 1.807) is 24.5 Å². The third-order valence-corrected chi connectivity index (χ3v) is 3.98. The molecule has 27 heavy (non-hydrogen) atoms. The lowest BCUT2D eigenvalue weighted by atomic mass is 10.2. The second-order valence-electron chi connectivity index (χ2n) is 6.02. The molecule has 3 aromatic rings. The van der Waals surface area contributed by atoms with E-state index in [-0.39, 0.29) is 12.7 Å². The molecule has 1 amide bonds. The summed E-state index contributed by atoms with van der Waals surface area (Å²) in [6.07, 6.45) is 1.56. The number of hydrogen-bond acceptors (Lipinski definition) is 7. The summed E-state index contributed by atoms with van der Waals surface area (Å²) in [7, 11) is 0. The number of nitrogens with zero attached hydrogens (tertiary/aromatic N) is 2. The van der Waals surface area contributed by atoms with Gasteiger partial charge in [0.2, 0.25) is 12.7 Å². The summed E-state index contributed by atoms with van der Waals surface area (Å²) in [6, 6.07) is 10.9. The predicted molar refractivity (Wildman–Crippen MR) is 96.5 cm³/mol. The Morgan fingerprint density at radius 3 is 2.85 bits per heavy atom. The van der Waals surface area contributed by atoms with Gasteiger partial charge < -0.3 is 24.5 Å². The number of anilines is 1. The van der Waals surface area contributed by atoms with Gasteiger partial charge >= 0.3 is 0 Å². The molecule has 0 saturated heterocycles. The van der Waals surface area contributed by atoms with Crippen molar-refractivity contribution in [3.05, 3.63) is 65.4 Å². The van der Waals surface area contributed by atoms with E-state index in [4.69, 9.17) is 13.9 Å². The molecule has 0 fully saturated rings. The second-order valence-corrected chi connectivity index (χ2v) is 6.02. The highest BCUT2D eigenvalue weighted by Gasteiger charge is 2.14. The third kappa shape index (κ3) is 4.00. The molecule has 2 aromatic heterocycles. The van der Waals surface area contributed by atoms with Gasteiger partial charge in [-0.05, 0) is 42.8 Å². The first kappa shape index (κ1) is 16.9. The molecular formula is C19H18N4O4. The first-order chi connectivity index (χ1) is 13.2. The van der Waals surface area contributed by atoms with Gasteiger partial charge in [0.05, 0.1) is 12.8 Å². The van der Waals surface area contributed by atoms with Gasteiger partial charge in [-0.1, -0.05) is 6.07 Å². The van der Waals surface area contributed by atoms with Gasteiger partial charge in [-0.3, -0.25) is 4.79 Å². The van der Waals surface area contributed by atoms with Crippen molar-refractivity contribution in [2.45, 2.75) is 20.0 Å². The Labute approximate surface area is 155 Å². The molecule has 0 bridgehead atoms. The van der Waals surface area contributed by atoms with Crippen molar-refractivity contribution in [3.8, 4) is 11.5 Å². The number of aromatic nitrogens is 2. The maximum atomic E-state index is 12.3. The maximum Gasteiger partial charge on any atom is 0.270 e. The number of rotatable bonds is 6. The largest absolute Gasteiger partial charge is 0.467 e. The summed E-state index contributed by atoms with van der Waals surface area (Å²) in [4.78, 5) is 21.0. The molecule has 3 heterocycles. The first-order valence-electron chi connectivity index (χ1n) is 8.46. The number of benzene rings is 1. The molecule has 0 spiro atoms. The maximum absolute atomic E-state index is 12.3. The number of furan rings is 1. The van der Waals surface area contributed by atoms with Gasteiger partial charge in [0.25, 0.3) is 5.91 Å². The number of fused-ring (bicyclic) bond motifs is 1. The number of amides is 1. The fourth-order valence-corrected chi connectivity index (χ4v) is 2.67. The van der Waals surface area contributed by atoms with Gasteiger partial charge in [0.15, 0.2) is 11.5 Å². The van der Waals surface area contributed by atoms with Crippen molar-refractivity contribution in [2.75, 3.05) is 12.1 Å². The molecule has 8 heteroatoms. The average Bonchev–Trinajstić information content (AvgIpc) is 3.35. The van der Waals surface area contributed by atoms with Crippen LogP contribution in [0.5, 0.6) is 11.5 Å². The first-order valence-corrected chi connectivity index (χ1v) is 8.46. The molecular weight excluding hydrogens is 348 g/mol. The summed E-state index contributed by atoms with van der Waals surface area (Å²) >= 11 is 0. The van der Waals surface area contributed by atoms with Gasteiger partial charge in [-0.15, -0.1) is 0 Å². The van der Waals surface area contributed by atoms with Gasteiger partial charge in [-0.25, -0.2) is 9.97 Å².